The monoisotopic (exact) mass is 546 g/mol. The summed E-state index contributed by atoms with van der Waals surface area (Å²) in [6.07, 6.45) is 9.65. The third-order valence-electron chi connectivity index (χ3n) is 11.0. The molecule has 0 saturated heterocycles. The van der Waals surface area contributed by atoms with Gasteiger partial charge < -0.3 is 9.16 Å². The highest BCUT2D eigenvalue weighted by Gasteiger charge is 2.54. The van der Waals surface area contributed by atoms with E-state index < -0.39 is 8.32 Å². The van der Waals surface area contributed by atoms with E-state index in [1.165, 1.54) is 23.1 Å². The molecule has 2 fully saturated rings. The fourth-order valence-corrected chi connectivity index (χ4v) is 8.53. The molecule has 3 aliphatic carbocycles. The molecule has 0 bridgehead atoms. The number of carbonyl (C=O) groups excluding carboxylic acids is 1. The summed E-state index contributed by atoms with van der Waals surface area (Å²) in [7, 11) is -1.70. The third-order valence-corrected chi connectivity index (χ3v) is 15.5. The van der Waals surface area contributed by atoms with E-state index in [1.54, 1.807) is 5.56 Å². The number of unbranched alkanes of at least 4 members (excludes halogenated alkanes) is 1. The molecule has 0 aromatic heterocycles. The van der Waals surface area contributed by atoms with Gasteiger partial charge in [-0.1, -0.05) is 64.1 Å². The largest absolute Gasteiger partial charge is 0.489 e. The van der Waals surface area contributed by atoms with Gasteiger partial charge in [0.2, 0.25) is 0 Å². The van der Waals surface area contributed by atoms with Gasteiger partial charge in [-0.3, -0.25) is 4.79 Å². The Hall–Kier alpha value is -1.91. The van der Waals surface area contributed by atoms with Gasteiger partial charge in [-0.05, 0) is 116 Å². The van der Waals surface area contributed by atoms with Gasteiger partial charge in [0.15, 0.2) is 8.32 Å². The van der Waals surface area contributed by atoms with Crippen LogP contribution < -0.4 is 4.74 Å². The van der Waals surface area contributed by atoms with E-state index in [1.807, 2.05) is 0 Å². The minimum atomic E-state index is -1.70. The van der Waals surface area contributed by atoms with Crippen LogP contribution in [-0.2, 0) is 28.7 Å². The Labute approximate surface area is 238 Å². The molecule has 5 rings (SSSR count). The molecule has 3 aliphatic rings. The van der Waals surface area contributed by atoms with Crippen molar-refractivity contribution < 1.29 is 14.0 Å². The van der Waals surface area contributed by atoms with Gasteiger partial charge in [0.1, 0.15) is 18.1 Å². The van der Waals surface area contributed by atoms with Crippen LogP contribution in [0.3, 0.4) is 0 Å². The quantitative estimate of drug-likeness (QED) is 0.232. The Morgan fingerprint density at radius 1 is 1.00 bits per heavy atom. The number of ether oxygens (including phenoxy) is 1. The zero-order valence-corrected chi connectivity index (χ0v) is 26.3. The Kier molecular flexibility index (Phi) is 8.19. The van der Waals surface area contributed by atoms with Gasteiger partial charge in [-0.25, -0.2) is 0 Å². The first-order valence-corrected chi connectivity index (χ1v) is 18.4. The van der Waals surface area contributed by atoms with Gasteiger partial charge >= 0.3 is 0 Å². The highest BCUT2D eigenvalue weighted by atomic mass is 28.4. The van der Waals surface area contributed by atoms with E-state index in [0.717, 1.165) is 63.7 Å². The summed E-state index contributed by atoms with van der Waals surface area (Å²) >= 11 is 0. The zero-order chi connectivity index (χ0) is 27.8. The molecule has 0 aliphatic heterocycles. The Balaban J connectivity index is 1.33. The van der Waals surface area contributed by atoms with Crippen molar-refractivity contribution in [3.8, 4) is 5.75 Å². The number of hydrogen-bond donors (Lipinski definition) is 0. The molecule has 2 aromatic rings. The van der Waals surface area contributed by atoms with Crippen molar-refractivity contribution in [1.29, 1.82) is 0 Å². The Morgan fingerprint density at radius 2 is 1.77 bits per heavy atom. The van der Waals surface area contributed by atoms with Crippen LogP contribution in [0.1, 0.15) is 101 Å². The predicted molar refractivity (Wildman–Crippen MR) is 163 cm³/mol. The van der Waals surface area contributed by atoms with Crippen molar-refractivity contribution in [2.24, 2.45) is 17.3 Å². The highest BCUT2D eigenvalue weighted by molar-refractivity contribution is 6.74. The van der Waals surface area contributed by atoms with Gasteiger partial charge in [-0.15, -0.1) is 0 Å². The van der Waals surface area contributed by atoms with Crippen molar-refractivity contribution >= 4 is 14.1 Å². The van der Waals surface area contributed by atoms with Crippen molar-refractivity contribution in [2.45, 2.75) is 116 Å². The van der Waals surface area contributed by atoms with Crippen molar-refractivity contribution in [2.75, 3.05) is 6.61 Å². The van der Waals surface area contributed by atoms with Crippen molar-refractivity contribution in [1.82, 2.24) is 0 Å². The molecule has 3 nitrogen and oxygen atoms in total. The summed E-state index contributed by atoms with van der Waals surface area (Å²) in [6, 6.07) is 15.4. The number of Topliss-reactive ketones (excluding diaryl/α,β-unsaturated/α-hetero) is 1. The van der Waals surface area contributed by atoms with Crippen molar-refractivity contribution in [3.63, 3.8) is 0 Å². The topological polar surface area (TPSA) is 35.5 Å². The first-order valence-electron chi connectivity index (χ1n) is 15.5. The second-order valence-electron chi connectivity index (χ2n) is 14.3. The van der Waals surface area contributed by atoms with E-state index in [4.69, 9.17) is 9.16 Å². The molecule has 4 atom stereocenters. The standard InChI is InChI=1S/C35H50O3Si/c1-34(2,3)39(5,6)38-21-11-10-14-27-22-30-26(23-32(27)37-24-25-12-8-7-9-13-25)15-16-29-28(30)19-20-35(4)31(29)17-18-33(35)36/h7-9,12-13,22-23,28-29,31H,10-11,14-21,24H2,1-6H3/t28-,29+,31-,35-/m0/s1. The number of carbonyl (C=O) groups is 1. The summed E-state index contributed by atoms with van der Waals surface area (Å²) < 4.78 is 13.0. The number of rotatable bonds is 9. The van der Waals surface area contributed by atoms with Crippen LogP contribution >= 0.6 is 0 Å². The first-order chi connectivity index (χ1) is 18.5. The summed E-state index contributed by atoms with van der Waals surface area (Å²) in [6.45, 7) is 15.3. The molecule has 0 spiro atoms. The molecular weight excluding hydrogens is 496 g/mol. The first kappa shape index (κ1) is 28.6. The molecule has 212 valence electrons. The molecule has 2 aromatic carbocycles. The molecule has 0 amide bonds. The summed E-state index contributed by atoms with van der Waals surface area (Å²) in [5.41, 5.74) is 5.55. The third kappa shape index (κ3) is 5.79. The maximum absolute atomic E-state index is 12.8. The van der Waals surface area contributed by atoms with Gasteiger partial charge in [0, 0.05) is 18.4 Å². The number of ketones is 1. The van der Waals surface area contributed by atoms with E-state index >= 15 is 0 Å². The number of aryl methyl sites for hydroxylation is 2. The zero-order valence-electron chi connectivity index (χ0n) is 25.3. The van der Waals surface area contributed by atoms with Gasteiger partial charge in [0.25, 0.3) is 0 Å². The maximum Gasteiger partial charge on any atom is 0.191 e. The van der Waals surface area contributed by atoms with E-state index in [9.17, 15) is 4.79 Å². The normalized spacial score (nSPS) is 26.6. The molecule has 4 heteroatoms. The van der Waals surface area contributed by atoms with Crippen LogP contribution in [0.4, 0.5) is 0 Å². The fraction of sp³-hybridized carbons (Fsp3) is 0.629. The van der Waals surface area contributed by atoms with E-state index in [2.05, 4.69) is 83.3 Å². The molecular formula is C35H50O3Si. The van der Waals surface area contributed by atoms with Crippen LogP contribution in [0.5, 0.6) is 5.75 Å². The Bertz CT molecular complexity index is 1160. The van der Waals surface area contributed by atoms with Crippen molar-refractivity contribution in [3.05, 3.63) is 64.7 Å². The van der Waals surface area contributed by atoms with E-state index in [-0.39, 0.29) is 10.5 Å². The minimum Gasteiger partial charge on any atom is -0.489 e. The molecule has 2 saturated carbocycles. The van der Waals surface area contributed by atoms with Gasteiger partial charge in [-0.2, -0.15) is 0 Å². The minimum absolute atomic E-state index is 0.0651. The smallest absolute Gasteiger partial charge is 0.191 e. The average Bonchev–Trinajstić information content (AvgIpc) is 3.21. The van der Waals surface area contributed by atoms with Crippen LogP contribution in [0.25, 0.3) is 0 Å². The van der Waals surface area contributed by atoms with Crippen LogP contribution in [0.2, 0.25) is 18.1 Å². The molecule has 0 heterocycles. The second kappa shape index (κ2) is 11.2. The Morgan fingerprint density at radius 3 is 2.51 bits per heavy atom. The summed E-state index contributed by atoms with van der Waals surface area (Å²) in [5.74, 6) is 3.42. The highest BCUT2D eigenvalue weighted by Crippen LogP contribution is 2.59. The fourth-order valence-electron chi connectivity index (χ4n) is 7.44. The average molecular weight is 547 g/mol. The predicted octanol–water partition coefficient (Wildman–Crippen LogP) is 9.04. The molecule has 39 heavy (non-hydrogen) atoms. The number of hydrogen-bond acceptors (Lipinski definition) is 3. The molecule has 0 radical (unpaired) electrons. The lowest BCUT2D eigenvalue weighted by Gasteiger charge is -2.48. The number of benzene rings is 2. The lowest BCUT2D eigenvalue weighted by Crippen LogP contribution is -2.42. The molecule has 0 N–H and O–H groups in total. The lowest BCUT2D eigenvalue weighted by molar-refractivity contribution is -0.129. The molecule has 0 unspecified atom stereocenters. The van der Waals surface area contributed by atoms with E-state index in [0.29, 0.717) is 30.1 Å². The lowest BCUT2D eigenvalue weighted by atomic mass is 9.55. The van der Waals surface area contributed by atoms with Gasteiger partial charge in [0.05, 0.1) is 0 Å². The van der Waals surface area contributed by atoms with Crippen LogP contribution in [0.15, 0.2) is 42.5 Å². The van der Waals surface area contributed by atoms with Crippen LogP contribution in [-0.4, -0.2) is 20.7 Å². The van der Waals surface area contributed by atoms with Crippen LogP contribution in [0, 0.1) is 17.3 Å². The SMILES string of the molecule is CC(C)(C)[Si](C)(C)OCCCCc1cc2c(cc1OCc1ccccc1)CC[C@@H]1[C@@H]2CC[C@]2(C)C(=O)CC[C@@H]12. The number of fused-ring (bicyclic) bond motifs is 5. The second-order valence-corrected chi connectivity index (χ2v) is 19.1. The summed E-state index contributed by atoms with van der Waals surface area (Å²) in [4.78, 5) is 12.8. The maximum atomic E-state index is 12.8. The summed E-state index contributed by atoms with van der Waals surface area (Å²) in [5, 5.41) is 0.250.